The number of carbonyl (C=O) groups is 1. The van der Waals surface area contributed by atoms with Crippen LogP contribution in [-0.4, -0.2) is 23.7 Å². The molecule has 2 aromatic rings. The van der Waals surface area contributed by atoms with E-state index in [1.54, 1.807) is 25.1 Å². The Morgan fingerprint density at radius 3 is 2.58 bits per heavy atom. The first kappa shape index (κ1) is 18.2. The summed E-state index contributed by atoms with van der Waals surface area (Å²) in [5.74, 6) is -0.360. The highest BCUT2D eigenvalue weighted by Crippen LogP contribution is 2.21. The van der Waals surface area contributed by atoms with Crippen LogP contribution in [0.15, 0.2) is 33.5 Å². The van der Waals surface area contributed by atoms with Crippen LogP contribution in [-0.2, 0) is 9.53 Å². The zero-order valence-electron chi connectivity index (χ0n) is 14.7. The van der Waals surface area contributed by atoms with E-state index < -0.39 is 17.8 Å². The van der Waals surface area contributed by atoms with E-state index in [9.17, 15) is 9.59 Å². The van der Waals surface area contributed by atoms with E-state index in [2.05, 4.69) is 5.32 Å². The molecule has 0 unspecified atom stereocenters. The third kappa shape index (κ3) is 4.43. The van der Waals surface area contributed by atoms with Gasteiger partial charge in [-0.3, -0.25) is 4.79 Å². The van der Waals surface area contributed by atoms with E-state index in [-0.39, 0.29) is 11.5 Å². The van der Waals surface area contributed by atoms with Crippen molar-refractivity contribution in [2.75, 3.05) is 5.32 Å². The highest BCUT2D eigenvalue weighted by Gasteiger charge is 2.26. The molecule has 1 amide bonds. The number of carbonyl (C=O) groups excluding carboxylic acids is 1. The summed E-state index contributed by atoms with van der Waals surface area (Å²) in [5, 5.41) is 3.55. The van der Waals surface area contributed by atoms with Crippen LogP contribution in [0.25, 0.3) is 11.0 Å². The van der Waals surface area contributed by atoms with Crippen molar-refractivity contribution in [2.45, 2.75) is 52.4 Å². The number of hydrogen-bond donors (Lipinski definition) is 2. The van der Waals surface area contributed by atoms with E-state index in [0.29, 0.717) is 11.3 Å². The molecule has 0 spiro atoms. The standard InChI is InChI=1S/C18H24N2O4/c1-10-8-15(21)23-14-9-12(6-7-13(10)14)20-17(22)16(19)11(2)24-18(3,4)5/h6-9,11,16H,19H2,1-5H3,(H,20,22)/t11-,16+/m0/s1. The topological polar surface area (TPSA) is 94.6 Å². The van der Waals surface area contributed by atoms with Crippen molar-refractivity contribution < 1.29 is 13.9 Å². The number of nitrogens with one attached hydrogen (secondary N) is 1. The molecule has 0 bridgehead atoms. The molecule has 0 saturated heterocycles. The number of fused-ring (bicyclic) bond motifs is 1. The number of anilines is 1. The fourth-order valence-electron chi connectivity index (χ4n) is 2.47. The fraction of sp³-hybridized carbons (Fsp3) is 0.444. The van der Waals surface area contributed by atoms with E-state index in [1.807, 2.05) is 27.7 Å². The molecule has 0 aliphatic rings. The minimum absolute atomic E-state index is 0.360. The van der Waals surface area contributed by atoms with E-state index in [0.717, 1.165) is 10.9 Å². The number of benzene rings is 1. The van der Waals surface area contributed by atoms with Gasteiger partial charge in [0.25, 0.3) is 0 Å². The molecule has 0 aliphatic carbocycles. The number of hydrogen-bond acceptors (Lipinski definition) is 5. The second-order valence-corrected chi connectivity index (χ2v) is 6.91. The van der Waals surface area contributed by atoms with Crippen LogP contribution in [0.1, 0.15) is 33.3 Å². The molecule has 0 radical (unpaired) electrons. The lowest BCUT2D eigenvalue weighted by Gasteiger charge is -2.28. The summed E-state index contributed by atoms with van der Waals surface area (Å²) in [6.07, 6.45) is -0.439. The molecule has 2 atom stereocenters. The minimum Gasteiger partial charge on any atom is -0.423 e. The van der Waals surface area contributed by atoms with Gasteiger partial charge in [0.05, 0.1) is 11.7 Å². The molecule has 1 aromatic heterocycles. The summed E-state index contributed by atoms with van der Waals surface area (Å²) in [6, 6.07) is 5.77. The monoisotopic (exact) mass is 332 g/mol. The fourth-order valence-corrected chi connectivity index (χ4v) is 2.47. The Kier molecular flexibility index (Phi) is 5.11. The van der Waals surface area contributed by atoms with Crippen LogP contribution in [0.5, 0.6) is 0 Å². The molecule has 0 saturated carbocycles. The van der Waals surface area contributed by atoms with Gasteiger partial charge in [-0.05, 0) is 52.3 Å². The summed E-state index contributed by atoms with van der Waals surface area (Å²) < 4.78 is 10.9. The second kappa shape index (κ2) is 6.75. The van der Waals surface area contributed by atoms with Crippen molar-refractivity contribution >= 4 is 22.6 Å². The maximum atomic E-state index is 12.3. The van der Waals surface area contributed by atoms with Crippen molar-refractivity contribution in [1.82, 2.24) is 0 Å². The maximum absolute atomic E-state index is 12.3. The Bertz CT molecular complexity index is 805. The van der Waals surface area contributed by atoms with Crippen molar-refractivity contribution in [2.24, 2.45) is 5.73 Å². The zero-order valence-corrected chi connectivity index (χ0v) is 14.7. The van der Waals surface area contributed by atoms with Gasteiger partial charge in [-0.25, -0.2) is 4.79 Å². The number of rotatable bonds is 4. The van der Waals surface area contributed by atoms with E-state index >= 15 is 0 Å². The Morgan fingerprint density at radius 2 is 1.96 bits per heavy atom. The predicted molar refractivity (Wildman–Crippen MR) is 94.1 cm³/mol. The summed E-state index contributed by atoms with van der Waals surface area (Å²) in [5.41, 5.74) is 6.91. The van der Waals surface area contributed by atoms with Crippen molar-refractivity contribution in [3.63, 3.8) is 0 Å². The number of amides is 1. The average molecular weight is 332 g/mol. The minimum atomic E-state index is -0.815. The smallest absolute Gasteiger partial charge is 0.336 e. The van der Waals surface area contributed by atoms with Gasteiger partial charge in [-0.2, -0.15) is 0 Å². The number of ether oxygens (including phenoxy) is 1. The van der Waals surface area contributed by atoms with Crippen LogP contribution in [0.3, 0.4) is 0 Å². The Morgan fingerprint density at radius 1 is 1.29 bits per heavy atom. The van der Waals surface area contributed by atoms with Crippen LogP contribution in [0.2, 0.25) is 0 Å². The molecule has 2 rings (SSSR count). The van der Waals surface area contributed by atoms with Gasteiger partial charge in [0.15, 0.2) is 0 Å². The van der Waals surface area contributed by atoms with E-state index in [4.69, 9.17) is 14.9 Å². The highest BCUT2D eigenvalue weighted by molar-refractivity contribution is 5.97. The molecule has 6 heteroatoms. The first-order valence-corrected chi connectivity index (χ1v) is 7.85. The summed E-state index contributed by atoms with van der Waals surface area (Å²) in [6.45, 7) is 9.31. The summed E-state index contributed by atoms with van der Waals surface area (Å²) >= 11 is 0. The van der Waals surface area contributed by atoms with Gasteiger partial charge in [0.2, 0.25) is 5.91 Å². The average Bonchev–Trinajstić information content (AvgIpc) is 2.43. The maximum Gasteiger partial charge on any atom is 0.336 e. The van der Waals surface area contributed by atoms with Gasteiger partial charge >= 0.3 is 5.63 Å². The highest BCUT2D eigenvalue weighted by atomic mass is 16.5. The lowest BCUT2D eigenvalue weighted by atomic mass is 10.1. The third-order valence-corrected chi connectivity index (χ3v) is 3.57. The van der Waals surface area contributed by atoms with Gasteiger partial charge in [0.1, 0.15) is 11.6 Å². The Labute approximate surface area is 141 Å². The van der Waals surface area contributed by atoms with Gasteiger partial charge in [-0.1, -0.05) is 0 Å². The first-order chi connectivity index (χ1) is 11.1. The molecular formula is C18H24N2O4. The molecule has 0 aliphatic heterocycles. The summed E-state index contributed by atoms with van der Waals surface area (Å²) in [7, 11) is 0. The molecular weight excluding hydrogens is 308 g/mol. The zero-order chi connectivity index (χ0) is 18.1. The number of nitrogens with two attached hydrogens (primary N) is 1. The molecule has 6 nitrogen and oxygen atoms in total. The third-order valence-electron chi connectivity index (χ3n) is 3.57. The van der Waals surface area contributed by atoms with Crippen LogP contribution < -0.4 is 16.7 Å². The van der Waals surface area contributed by atoms with E-state index in [1.165, 1.54) is 6.07 Å². The Balaban J connectivity index is 2.17. The summed E-state index contributed by atoms with van der Waals surface area (Å²) in [4.78, 5) is 23.8. The molecule has 1 heterocycles. The first-order valence-electron chi connectivity index (χ1n) is 7.85. The van der Waals surface area contributed by atoms with Crippen LogP contribution in [0.4, 0.5) is 5.69 Å². The lowest BCUT2D eigenvalue weighted by Crippen LogP contribution is -2.47. The normalized spacial score (nSPS) is 14.4. The molecule has 24 heavy (non-hydrogen) atoms. The molecule has 1 aromatic carbocycles. The van der Waals surface area contributed by atoms with Gasteiger partial charge < -0.3 is 20.2 Å². The largest absolute Gasteiger partial charge is 0.423 e. The second-order valence-electron chi connectivity index (χ2n) is 6.91. The van der Waals surface area contributed by atoms with Crippen LogP contribution >= 0.6 is 0 Å². The van der Waals surface area contributed by atoms with Crippen molar-refractivity contribution in [3.8, 4) is 0 Å². The quantitative estimate of drug-likeness (QED) is 0.839. The molecule has 3 N–H and O–H groups in total. The van der Waals surface area contributed by atoms with Gasteiger partial charge in [-0.15, -0.1) is 0 Å². The lowest BCUT2D eigenvalue weighted by molar-refractivity contribution is -0.124. The molecule has 0 fully saturated rings. The van der Waals surface area contributed by atoms with Gasteiger partial charge in [0, 0.05) is 23.2 Å². The molecule has 130 valence electrons. The SMILES string of the molecule is Cc1cc(=O)oc2cc(NC(=O)[C@H](N)[C@H](C)OC(C)(C)C)ccc12. The predicted octanol–water partition coefficient (Wildman–Crippen LogP) is 2.57. The number of aryl methyl sites for hydroxylation is 1. The van der Waals surface area contributed by atoms with Crippen molar-refractivity contribution in [1.29, 1.82) is 0 Å². The van der Waals surface area contributed by atoms with Crippen LogP contribution in [0, 0.1) is 6.92 Å². The Hall–Kier alpha value is -2.18. The van der Waals surface area contributed by atoms with Crippen molar-refractivity contribution in [3.05, 3.63) is 40.2 Å².